The van der Waals surface area contributed by atoms with Crippen molar-refractivity contribution in [3.05, 3.63) is 109 Å². The summed E-state index contributed by atoms with van der Waals surface area (Å²) in [5.74, 6) is 0. The van der Waals surface area contributed by atoms with Crippen LogP contribution in [0, 0.1) is 0 Å². The van der Waals surface area contributed by atoms with Crippen LogP contribution in [0.25, 0.3) is 55.0 Å². The minimum absolute atomic E-state index is 0.128. The predicted octanol–water partition coefficient (Wildman–Crippen LogP) is 8.71. The SMILES string of the molecule is CN1c2ccc(-c3ccc4oc5c(ccc6c7ccccc7oc65)c4c3)cc2NC1c1ccccc1. The van der Waals surface area contributed by atoms with Crippen LogP contribution in [0.1, 0.15) is 11.7 Å². The minimum Gasteiger partial charge on any atom is -0.452 e. The van der Waals surface area contributed by atoms with Gasteiger partial charge in [-0.05, 0) is 59.2 Å². The van der Waals surface area contributed by atoms with E-state index in [1.54, 1.807) is 0 Å². The first-order valence-corrected chi connectivity index (χ1v) is 12.2. The number of benzene rings is 5. The van der Waals surface area contributed by atoms with E-state index in [1.165, 1.54) is 16.8 Å². The second kappa shape index (κ2) is 7.15. The summed E-state index contributed by atoms with van der Waals surface area (Å²) in [6.07, 6.45) is 0.128. The molecule has 8 rings (SSSR count). The van der Waals surface area contributed by atoms with Gasteiger partial charge in [0.25, 0.3) is 0 Å². The molecule has 0 radical (unpaired) electrons. The highest BCUT2D eigenvalue weighted by molar-refractivity contribution is 6.19. The van der Waals surface area contributed by atoms with E-state index >= 15 is 0 Å². The van der Waals surface area contributed by atoms with Gasteiger partial charge in [-0.15, -0.1) is 0 Å². The third kappa shape index (κ3) is 2.70. The number of furan rings is 2. The van der Waals surface area contributed by atoms with Crippen LogP contribution in [0.15, 0.2) is 112 Å². The number of hydrogen-bond acceptors (Lipinski definition) is 4. The molecule has 0 fully saturated rings. The zero-order chi connectivity index (χ0) is 23.8. The molecule has 1 aliphatic rings. The quantitative estimate of drug-likeness (QED) is 0.277. The van der Waals surface area contributed by atoms with Gasteiger partial charge in [0.2, 0.25) is 0 Å². The highest BCUT2D eigenvalue weighted by atomic mass is 16.4. The number of fused-ring (bicyclic) bond motifs is 8. The maximum Gasteiger partial charge on any atom is 0.178 e. The van der Waals surface area contributed by atoms with E-state index in [9.17, 15) is 0 Å². The summed E-state index contributed by atoms with van der Waals surface area (Å²) < 4.78 is 12.5. The van der Waals surface area contributed by atoms with Crippen LogP contribution in [0.3, 0.4) is 0 Å². The molecular formula is C32H22N2O2. The first-order valence-electron chi connectivity index (χ1n) is 12.2. The molecule has 2 aromatic heterocycles. The van der Waals surface area contributed by atoms with Crippen molar-refractivity contribution >= 4 is 55.3 Å². The summed E-state index contributed by atoms with van der Waals surface area (Å²) >= 11 is 0. The molecule has 1 N–H and O–H groups in total. The molecule has 0 bridgehead atoms. The van der Waals surface area contributed by atoms with Gasteiger partial charge >= 0.3 is 0 Å². The molecule has 5 aromatic carbocycles. The van der Waals surface area contributed by atoms with Gasteiger partial charge in [-0.1, -0.05) is 60.7 Å². The zero-order valence-electron chi connectivity index (χ0n) is 19.7. The summed E-state index contributed by atoms with van der Waals surface area (Å²) in [6.45, 7) is 0. The average Bonchev–Trinajstić information content (AvgIpc) is 3.59. The van der Waals surface area contributed by atoms with Crippen LogP contribution in [-0.4, -0.2) is 7.05 Å². The Bertz CT molecular complexity index is 1950. The predicted molar refractivity (Wildman–Crippen MR) is 148 cm³/mol. The highest BCUT2D eigenvalue weighted by Crippen LogP contribution is 2.43. The third-order valence-corrected chi connectivity index (χ3v) is 7.49. The molecule has 0 aliphatic carbocycles. The topological polar surface area (TPSA) is 41.6 Å². The summed E-state index contributed by atoms with van der Waals surface area (Å²) in [6, 6.07) is 36.1. The van der Waals surface area contributed by atoms with E-state index in [-0.39, 0.29) is 6.17 Å². The van der Waals surface area contributed by atoms with E-state index < -0.39 is 0 Å². The Kier molecular flexibility index (Phi) is 3.89. The smallest absolute Gasteiger partial charge is 0.178 e. The van der Waals surface area contributed by atoms with Crippen molar-refractivity contribution in [2.24, 2.45) is 0 Å². The first-order chi connectivity index (χ1) is 17.7. The fraction of sp³-hybridized carbons (Fsp3) is 0.0625. The Hall–Kier alpha value is -4.70. The fourth-order valence-corrected chi connectivity index (χ4v) is 5.66. The number of nitrogens with one attached hydrogen (secondary N) is 1. The van der Waals surface area contributed by atoms with Gasteiger partial charge in [-0.25, -0.2) is 0 Å². The van der Waals surface area contributed by atoms with Crippen molar-refractivity contribution in [3.8, 4) is 11.1 Å². The van der Waals surface area contributed by atoms with Gasteiger partial charge < -0.3 is 19.1 Å². The van der Waals surface area contributed by atoms with Crippen molar-refractivity contribution in [2.75, 3.05) is 17.3 Å². The molecular weight excluding hydrogens is 444 g/mol. The van der Waals surface area contributed by atoms with Crippen LogP contribution >= 0.6 is 0 Å². The Balaban J connectivity index is 1.24. The molecule has 0 spiro atoms. The van der Waals surface area contributed by atoms with Gasteiger partial charge in [0.05, 0.1) is 11.4 Å². The zero-order valence-corrected chi connectivity index (χ0v) is 19.7. The summed E-state index contributed by atoms with van der Waals surface area (Å²) in [5.41, 5.74) is 9.28. The van der Waals surface area contributed by atoms with E-state index in [2.05, 4.69) is 102 Å². The molecule has 1 unspecified atom stereocenters. The molecule has 172 valence electrons. The van der Waals surface area contributed by atoms with Gasteiger partial charge in [-0.2, -0.15) is 0 Å². The number of nitrogens with zero attached hydrogens (tertiary/aromatic N) is 1. The van der Waals surface area contributed by atoms with Crippen LogP contribution < -0.4 is 10.2 Å². The molecule has 0 amide bonds. The highest BCUT2D eigenvalue weighted by Gasteiger charge is 2.27. The second-order valence-electron chi connectivity index (χ2n) is 9.53. The summed E-state index contributed by atoms with van der Waals surface area (Å²) in [7, 11) is 2.14. The minimum atomic E-state index is 0.128. The molecule has 1 atom stereocenters. The molecule has 1 aliphatic heterocycles. The summed E-state index contributed by atoms with van der Waals surface area (Å²) in [4.78, 5) is 2.29. The normalized spacial score (nSPS) is 15.2. The third-order valence-electron chi connectivity index (χ3n) is 7.49. The van der Waals surface area contributed by atoms with Crippen LogP contribution in [0.2, 0.25) is 0 Å². The van der Waals surface area contributed by atoms with E-state index in [0.29, 0.717) is 0 Å². The number of para-hydroxylation sites is 1. The van der Waals surface area contributed by atoms with Crippen molar-refractivity contribution < 1.29 is 8.83 Å². The van der Waals surface area contributed by atoms with Crippen LogP contribution in [0.4, 0.5) is 11.4 Å². The van der Waals surface area contributed by atoms with Crippen LogP contribution in [0.5, 0.6) is 0 Å². The molecule has 3 heterocycles. The van der Waals surface area contributed by atoms with E-state index in [1.807, 2.05) is 18.2 Å². The number of hydrogen-bond donors (Lipinski definition) is 1. The van der Waals surface area contributed by atoms with E-state index in [4.69, 9.17) is 8.83 Å². The van der Waals surface area contributed by atoms with Crippen molar-refractivity contribution in [2.45, 2.75) is 6.17 Å². The lowest BCUT2D eigenvalue weighted by atomic mass is 10.0. The Labute approximate surface area is 207 Å². The lowest BCUT2D eigenvalue weighted by Crippen LogP contribution is -2.23. The molecule has 0 saturated carbocycles. The van der Waals surface area contributed by atoms with Gasteiger partial charge in [0, 0.05) is 28.6 Å². The molecule has 36 heavy (non-hydrogen) atoms. The molecule has 4 heteroatoms. The number of rotatable bonds is 2. The molecule has 0 saturated heterocycles. The molecule has 4 nitrogen and oxygen atoms in total. The molecule has 7 aromatic rings. The number of anilines is 2. The summed E-state index contributed by atoms with van der Waals surface area (Å²) in [5, 5.41) is 8.06. The Morgan fingerprint density at radius 2 is 1.28 bits per heavy atom. The van der Waals surface area contributed by atoms with Gasteiger partial charge in [0.15, 0.2) is 11.2 Å². The second-order valence-corrected chi connectivity index (χ2v) is 9.53. The van der Waals surface area contributed by atoms with Crippen molar-refractivity contribution in [3.63, 3.8) is 0 Å². The monoisotopic (exact) mass is 466 g/mol. The van der Waals surface area contributed by atoms with E-state index in [0.717, 1.165) is 55.1 Å². The fourth-order valence-electron chi connectivity index (χ4n) is 5.66. The first kappa shape index (κ1) is 19.6. The largest absolute Gasteiger partial charge is 0.452 e. The maximum atomic E-state index is 6.32. The average molecular weight is 467 g/mol. The maximum absolute atomic E-state index is 6.32. The van der Waals surface area contributed by atoms with Crippen molar-refractivity contribution in [1.29, 1.82) is 0 Å². The Morgan fingerprint density at radius 3 is 2.11 bits per heavy atom. The van der Waals surface area contributed by atoms with Gasteiger partial charge in [-0.3, -0.25) is 0 Å². The van der Waals surface area contributed by atoms with Crippen LogP contribution in [-0.2, 0) is 0 Å². The lowest BCUT2D eigenvalue weighted by molar-refractivity contribution is 0.633. The lowest BCUT2D eigenvalue weighted by Gasteiger charge is -2.22. The Morgan fingerprint density at radius 1 is 0.611 bits per heavy atom. The van der Waals surface area contributed by atoms with Crippen molar-refractivity contribution in [1.82, 2.24) is 0 Å². The van der Waals surface area contributed by atoms with Gasteiger partial charge in [0.1, 0.15) is 17.3 Å². The standard InChI is InChI=1S/C32H22N2O2/c1-34-27-15-11-21(18-26(27)33-32(34)19-7-3-2-4-8-19)20-12-16-29-25(17-20)24-14-13-23-22-9-5-6-10-28(22)35-30(23)31(24)36-29/h2-18,32-33H,1H3.